The summed E-state index contributed by atoms with van der Waals surface area (Å²) in [6, 6.07) is 4.35. The molecule has 112 valence electrons. The summed E-state index contributed by atoms with van der Waals surface area (Å²) >= 11 is 0. The van der Waals surface area contributed by atoms with Crippen LogP contribution in [0.15, 0.2) is 12.1 Å². The summed E-state index contributed by atoms with van der Waals surface area (Å²) in [5, 5.41) is 13.5. The third-order valence-electron chi connectivity index (χ3n) is 4.01. The molecule has 21 heavy (non-hydrogen) atoms. The summed E-state index contributed by atoms with van der Waals surface area (Å²) in [4.78, 5) is 10.9. The van der Waals surface area contributed by atoms with Crippen LogP contribution in [0.2, 0.25) is 0 Å². The molecule has 2 aromatic rings. The second-order valence-electron chi connectivity index (χ2n) is 5.75. The lowest BCUT2D eigenvalue weighted by Gasteiger charge is -2.13. The molecule has 0 amide bonds. The molecule has 0 bridgehead atoms. The van der Waals surface area contributed by atoms with Crippen molar-refractivity contribution in [1.29, 1.82) is 0 Å². The maximum Gasteiger partial charge on any atom is 0.307 e. The topological polar surface area (TPSA) is 55.1 Å². The highest BCUT2D eigenvalue weighted by Crippen LogP contribution is 2.20. The predicted molar refractivity (Wildman–Crippen MR) is 82.8 cm³/mol. The first kappa shape index (κ1) is 15.3. The average molecular weight is 286 g/mol. The Morgan fingerprint density at radius 2 is 1.67 bits per heavy atom. The molecule has 4 nitrogen and oxygen atoms in total. The second kappa shape index (κ2) is 5.72. The standard InChI is InChI=1S/C17H22N2O2/c1-10-6-11(2)16(12(3)7-10)9-19-14(5)15(8-17(20)21)13(4)18-19/h6-7H,8-9H2,1-5H3,(H,20,21). The molecule has 1 N–H and O–H groups in total. The Balaban J connectivity index is 2.39. The first-order valence-corrected chi connectivity index (χ1v) is 7.11. The van der Waals surface area contributed by atoms with E-state index in [1.807, 2.05) is 18.5 Å². The highest BCUT2D eigenvalue weighted by molar-refractivity contribution is 5.71. The van der Waals surface area contributed by atoms with Crippen LogP contribution in [-0.4, -0.2) is 20.9 Å². The zero-order valence-corrected chi connectivity index (χ0v) is 13.3. The van der Waals surface area contributed by atoms with Crippen molar-refractivity contribution in [2.75, 3.05) is 0 Å². The maximum atomic E-state index is 10.9. The number of carboxylic acid groups (broad SMARTS) is 1. The van der Waals surface area contributed by atoms with Gasteiger partial charge in [-0.15, -0.1) is 0 Å². The normalized spacial score (nSPS) is 10.9. The van der Waals surface area contributed by atoms with Gasteiger partial charge >= 0.3 is 5.97 Å². The van der Waals surface area contributed by atoms with Crippen molar-refractivity contribution >= 4 is 5.97 Å². The molecule has 0 aliphatic rings. The molecule has 2 rings (SSSR count). The van der Waals surface area contributed by atoms with Crippen LogP contribution in [0, 0.1) is 34.6 Å². The number of aryl methyl sites for hydroxylation is 4. The van der Waals surface area contributed by atoms with Gasteiger partial charge in [-0.3, -0.25) is 9.48 Å². The predicted octanol–water partition coefficient (Wildman–Crippen LogP) is 3.10. The van der Waals surface area contributed by atoms with E-state index < -0.39 is 5.97 Å². The molecule has 4 heteroatoms. The molecule has 0 saturated carbocycles. The minimum atomic E-state index is -0.816. The van der Waals surface area contributed by atoms with E-state index in [0.717, 1.165) is 17.0 Å². The second-order valence-corrected chi connectivity index (χ2v) is 5.75. The largest absolute Gasteiger partial charge is 0.481 e. The number of carboxylic acids is 1. The molecule has 0 radical (unpaired) electrons. The number of rotatable bonds is 4. The molecule has 0 spiro atoms. The maximum absolute atomic E-state index is 10.9. The number of aromatic nitrogens is 2. The molecule has 0 aliphatic heterocycles. The van der Waals surface area contributed by atoms with Crippen molar-refractivity contribution < 1.29 is 9.90 Å². The summed E-state index contributed by atoms with van der Waals surface area (Å²) in [6.45, 7) is 10.8. The van der Waals surface area contributed by atoms with Gasteiger partial charge in [0.1, 0.15) is 0 Å². The smallest absolute Gasteiger partial charge is 0.307 e. The number of carbonyl (C=O) groups is 1. The van der Waals surface area contributed by atoms with E-state index in [2.05, 4.69) is 38.0 Å². The Kier molecular flexibility index (Phi) is 4.16. The van der Waals surface area contributed by atoms with Gasteiger partial charge in [0.2, 0.25) is 0 Å². The molecule has 0 aliphatic carbocycles. The zero-order chi connectivity index (χ0) is 15.7. The molecule has 1 heterocycles. The summed E-state index contributed by atoms with van der Waals surface area (Å²) < 4.78 is 1.91. The van der Waals surface area contributed by atoms with Crippen molar-refractivity contribution in [3.05, 3.63) is 51.3 Å². The lowest BCUT2D eigenvalue weighted by molar-refractivity contribution is -0.136. The minimum Gasteiger partial charge on any atom is -0.481 e. The first-order valence-electron chi connectivity index (χ1n) is 7.11. The Morgan fingerprint density at radius 3 is 2.19 bits per heavy atom. The SMILES string of the molecule is Cc1cc(C)c(Cn2nc(C)c(CC(=O)O)c2C)c(C)c1. The minimum absolute atomic E-state index is 0.0313. The Hall–Kier alpha value is -2.10. The van der Waals surface area contributed by atoms with Gasteiger partial charge in [0, 0.05) is 11.3 Å². The van der Waals surface area contributed by atoms with Gasteiger partial charge in [0.15, 0.2) is 0 Å². The van der Waals surface area contributed by atoms with Crippen LogP contribution < -0.4 is 0 Å². The van der Waals surface area contributed by atoms with Gasteiger partial charge in [0.05, 0.1) is 18.7 Å². The van der Waals surface area contributed by atoms with Crippen LogP contribution in [0.25, 0.3) is 0 Å². The summed E-state index contributed by atoms with van der Waals surface area (Å²) in [7, 11) is 0. The van der Waals surface area contributed by atoms with Crippen LogP contribution in [-0.2, 0) is 17.8 Å². The van der Waals surface area contributed by atoms with Gasteiger partial charge in [0.25, 0.3) is 0 Å². The number of nitrogens with zero attached hydrogens (tertiary/aromatic N) is 2. The fourth-order valence-electron chi connectivity index (χ4n) is 2.90. The molecule has 0 fully saturated rings. The van der Waals surface area contributed by atoms with Gasteiger partial charge in [-0.25, -0.2) is 0 Å². The third kappa shape index (κ3) is 3.15. The van der Waals surface area contributed by atoms with E-state index in [1.54, 1.807) is 0 Å². The third-order valence-corrected chi connectivity index (χ3v) is 4.01. The van der Waals surface area contributed by atoms with E-state index in [0.29, 0.717) is 6.54 Å². The molecule has 1 aromatic carbocycles. The molecule has 1 aromatic heterocycles. The van der Waals surface area contributed by atoms with Crippen LogP contribution >= 0.6 is 0 Å². The van der Waals surface area contributed by atoms with Crippen molar-refractivity contribution in [1.82, 2.24) is 9.78 Å². The lowest BCUT2D eigenvalue weighted by atomic mass is 10.00. The zero-order valence-electron chi connectivity index (χ0n) is 13.3. The number of aliphatic carboxylic acids is 1. The van der Waals surface area contributed by atoms with Crippen LogP contribution in [0.3, 0.4) is 0 Å². The number of hydrogen-bond acceptors (Lipinski definition) is 2. The monoisotopic (exact) mass is 286 g/mol. The van der Waals surface area contributed by atoms with E-state index >= 15 is 0 Å². The van der Waals surface area contributed by atoms with Crippen molar-refractivity contribution in [2.24, 2.45) is 0 Å². The van der Waals surface area contributed by atoms with Gasteiger partial charge in [-0.05, 0) is 51.3 Å². The highest BCUT2D eigenvalue weighted by atomic mass is 16.4. The lowest BCUT2D eigenvalue weighted by Crippen LogP contribution is -2.08. The highest BCUT2D eigenvalue weighted by Gasteiger charge is 2.15. The van der Waals surface area contributed by atoms with Crippen molar-refractivity contribution in [2.45, 2.75) is 47.6 Å². The Labute approximate surface area is 125 Å². The van der Waals surface area contributed by atoms with Crippen LogP contribution in [0.1, 0.15) is 39.2 Å². The molecule has 0 unspecified atom stereocenters. The van der Waals surface area contributed by atoms with Crippen molar-refractivity contribution in [3.63, 3.8) is 0 Å². The van der Waals surface area contributed by atoms with E-state index in [-0.39, 0.29) is 6.42 Å². The van der Waals surface area contributed by atoms with Gasteiger partial charge < -0.3 is 5.11 Å². The molecule has 0 atom stereocenters. The van der Waals surface area contributed by atoms with E-state index in [9.17, 15) is 4.79 Å². The fraction of sp³-hybridized carbons (Fsp3) is 0.412. The number of benzene rings is 1. The summed E-state index contributed by atoms with van der Waals surface area (Å²) in [6.07, 6.45) is 0.0313. The molecule has 0 saturated heterocycles. The number of hydrogen-bond donors (Lipinski definition) is 1. The molecular weight excluding hydrogens is 264 g/mol. The van der Waals surface area contributed by atoms with E-state index in [1.165, 1.54) is 22.3 Å². The first-order chi connectivity index (χ1) is 9.79. The van der Waals surface area contributed by atoms with Crippen LogP contribution in [0.5, 0.6) is 0 Å². The van der Waals surface area contributed by atoms with Crippen molar-refractivity contribution in [3.8, 4) is 0 Å². The summed E-state index contributed by atoms with van der Waals surface area (Å²) in [5.74, 6) is -0.816. The Bertz CT molecular complexity index is 676. The fourth-order valence-corrected chi connectivity index (χ4v) is 2.90. The van der Waals surface area contributed by atoms with Crippen LogP contribution in [0.4, 0.5) is 0 Å². The van der Waals surface area contributed by atoms with Gasteiger partial charge in [-0.2, -0.15) is 5.10 Å². The molecular formula is C17H22N2O2. The quantitative estimate of drug-likeness (QED) is 0.939. The average Bonchev–Trinajstić information content (AvgIpc) is 2.61. The van der Waals surface area contributed by atoms with E-state index in [4.69, 9.17) is 5.11 Å². The summed E-state index contributed by atoms with van der Waals surface area (Å²) in [5.41, 5.74) is 7.58. The van der Waals surface area contributed by atoms with Gasteiger partial charge in [-0.1, -0.05) is 17.7 Å². The Morgan fingerprint density at radius 1 is 1.10 bits per heavy atom.